The van der Waals surface area contributed by atoms with Crippen molar-refractivity contribution < 1.29 is 32.6 Å². The van der Waals surface area contributed by atoms with E-state index in [1.54, 1.807) is 0 Å². The number of aliphatic carboxylic acids is 1. The van der Waals surface area contributed by atoms with Crippen LogP contribution < -0.4 is 5.32 Å². The number of hydrogen-bond acceptors (Lipinski definition) is 4. The number of rotatable bonds is 2. The highest BCUT2D eigenvalue weighted by Gasteiger charge is 2.45. The Morgan fingerprint density at radius 3 is 2.47 bits per heavy atom. The second kappa shape index (κ2) is 4.05. The molecule has 1 aliphatic heterocycles. The Kier molecular flexibility index (Phi) is 3.18. The topological polar surface area (TPSA) is 75.6 Å². The van der Waals surface area contributed by atoms with Crippen molar-refractivity contribution in [2.75, 3.05) is 6.54 Å². The number of carboxylic acid groups (broad SMARTS) is 1. The van der Waals surface area contributed by atoms with Crippen LogP contribution in [0, 0.1) is 0 Å². The van der Waals surface area contributed by atoms with Crippen LogP contribution in [-0.4, -0.2) is 41.9 Å². The van der Waals surface area contributed by atoms with Gasteiger partial charge in [-0.3, -0.25) is 4.79 Å². The Hall–Kier alpha value is -1.31. The molecule has 0 aromatic rings. The lowest BCUT2D eigenvalue weighted by atomic mass is 10.2. The van der Waals surface area contributed by atoms with Gasteiger partial charge in [0, 0.05) is 0 Å². The monoisotopic (exact) mass is 227 g/mol. The van der Waals surface area contributed by atoms with Crippen LogP contribution in [0.25, 0.3) is 0 Å². The molecular formula is C7H8F3NO4. The number of esters is 1. The molecule has 0 aromatic heterocycles. The van der Waals surface area contributed by atoms with Crippen molar-refractivity contribution in [2.45, 2.75) is 24.7 Å². The quantitative estimate of drug-likeness (QED) is 0.644. The van der Waals surface area contributed by atoms with Crippen LogP contribution in [0.15, 0.2) is 0 Å². The van der Waals surface area contributed by atoms with E-state index in [1.165, 1.54) is 0 Å². The molecule has 8 heteroatoms. The molecular weight excluding hydrogens is 219 g/mol. The summed E-state index contributed by atoms with van der Waals surface area (Å²) in [6, 6.07) is -1.27. The van der Waals surface area contributed by atoms with Gasteiger partial charge in [-0.25, -0.2) is 4.79 Å². The highest BCUT2D eigenvalue weighted by Crippen LogP contribution is 2.20. The van der Waals surface area contributed by atoms with E-state index in [1.807, 2.05) is 0 Å². The van der Waals surface area contributed by atoms with Crippen molar-refractivity contribution in [3.63, 3.8) is 0 Å². The van der Waals surface area contributed by atoms with E-state index < -0.39 is 30.3 Å². The highest BCUT2D eigenvalue weighted by molar-refractivity contribution is 5.78. The fourth-order valence-electron chi connectivity index (χ4n) is 1.26. The van der Waals surface area contributed by atoms with Crippen LogP contribution >= 0.6 is 0 Å². The number of halogens is 3. The Morgan fingerprint density at radius 2 is 2.00 bits per heavy atom. The number of alkyl halides is 3. The summed E-state index contributed by atoms with van der Waals surface area (Å²) in [6.07, 6.45) is -6.30. The average molecular weight is 227 g/mol. The maximum atomic E-state index is 11.8. The normalized spacial score (nSPS) is 26.3. The molecule has 2 atom stereocenters. The van der Waals surface area contributed by atoms with E-state index in [-0.39, 0.29) is 13.0 Å². The summed E-state index contributed by atoms with van der Waals surface area (Å²) in [6.45, 7) is 0.201. The van der Waals surface area contributed by atoms with Crippen LogP contribution in [-0.2, 0) is 14.3 Å². The largest absolute Gasteiger partial charge is 0.490 e. The van der Waals surface area contributed by atoms with Crippen molar-refractivity contribution in [1.29, 1.82) is 0 Å². The van der Waals surface area contributed by atoms with Gasteiger partial charge in [0.25, 0.3) is 0 Å². The van der Waals surface area contributed by atoms with Gasteiger partial charge in [-0.15, -0.1) is 0 Å². The van der Waals surface area contributed by atoms with Gasteiger partial charge in [0.05, 0.1) is 0 Å². The summed E-state index contributed by atoms with van der Waals surface area (Å²) in [5.41, 5.74) is 0. The van der Waals surface area contributed by atoms with Crippen molar-refractivity contribution in [3.8, 4) is 0 Å². The van der Waals surface area contributed by atoms with Gasteiger partial charge in [0.15, 0.2) is 0 Å². The lowest BCUT2D eigenvalue weighted by molar-refractivity contribution is -0.205. The number of hydrogen-bond donors (Lipinski definition) is 2. The molecule has 1 rings (SSSR count). The molecule has 2 N–H and O–H groups in total. The molecule has 1 aliphatic rings. The molecule has 0 aliphatic carbocycles. The third kappa shape index (κ3) is 2.82. The van der Waals surface area contributed by atoms with Crippen molar-refractivity contribution in [3.05, 3.63) is 0 Å². The maximum Gasteiger partial charge on any atom is 0.490 e. The maximum absolute atomic E-state index is 11.8. The van der Waals surface area contributed by atoms with Gasteiger partial charge in [-0.05, 0) is 13.0 Å². The van der Waals surface area contributed by atoms with E-state index >= 15 is 0 Å². The van der Waals surface area contributed by atoms with Gasteiger partial charge in [0.2, 0.25) is 0 Å². The lowest BCUT2D eigenvalue weighted by Gasteiger charge is -2.17. The van der Waals surface area contributed by atoms with Crippen LogP contribution in [0.3, 0.4) is 0 Å². The fraction of sp³-hybridized carbons (Fsp3) is 0.714. The van der Waals surface area contributed by atoms with Crippen LogP contribution in [0.4, 0.5) is 13.2 Å². The minimum absolute atomic E-state index is 0.0544. The second-order valence-corrected chi connectivity index (χ2v) is 3.00. The van der Waals surface area contributed by atoms with Gasteiger partial charge in [-0.2, -0.15) is 13.2 Å². The Morgan fingerprint density at radius 1 is 1.40 bits per heavy atom. The summed E-state index contributed by atoms with van der Waals surface area (Å²) < 4.78 is 39.4. The number of nitrogens with one attached hydrogen (secondary N) is 1. The smallest absolute Gasteiger partial charge is 0.480 e. The Balaban J connectivity index is 2.58. The van der Waals surface area contributed by atoms with Crippen molar-refractivity contribution >= 4 is 11.9 Å². The summed E-state index contributed by atoms with van der Waals surface area (Å²) in [4.78, 5) is 20.9. The first kappa shape index (κ1) is 11.8. The highest BCUT2D eigenvalue weighted by atomic mass is 19.4. The van der Waals surface area contributed by atoms with Crippen LogP contribution in [0.5, 0.6) is 0 Å². The van der Waals surface area contributed by atoms with E-state index in [2.05, 4.69) is 10.1 Å². The Bertz CT molecular complexity index is 278. The summed E-state index contributed by atoms with van der Waals surface area (Å²) in [5, 5.41) is 11.0. The predicted octanol–water partition coefficient (Wildman–Crippen LogP) is -0.0930. The van der Waals surface area contributed by atoms with Gasteiger partial charge in [-0.1, -0.05) is 0 Å². The van der Waals surface area contributed by atoms with Crippen molar-refractivity contribution in [1.82, 2.24) is 5.32 Å². The van der Waals surface area contributed by atoms with Gasteiger partial charge >= 0.3 is 18.1 Å². The number of ether oxygens (including phenoxy) is 1. The molecule has 0 radical (unpaired) electrons. The number of carbonyl (C=O) groups excluding carboxylic acids is 1. The zero-order chi connectivity index (χ0) is 11.6. The molecule has 1 saturated heterocycles. The number of carbonyl (C=O) groups is 2. The summed E-state index contributed by atoms with van der Waals surface area (Å²) in [5.74, 6) is -3.70. The first-order chi connectivity index (χ1) is 6.82. The first-order valence-corrected chi connectivity index (χ1v) is 4.06. The minimum Gasteiger partial charge on any atom is -0.480 e. The molecule has 15 heavy (non-hydrogen) atoms. The van der Waals surface area contributed by atoms with Crippen molar-refractivity contribution in [2.24, 2.45) is 0 Å². The summed E-state index contributed by atoms with van der Waals surface area (Å²) in [7, 11) is 0. The van der Waals surface area contributed by atoms with Crippen LogP contribution in [0.1, 0.15) is 6.42 Å². The predicted molar refractivity (Wildman–Crippen MR) is 40.0 cm³/mol. The average Bonchev–Trinajstić information content (AvgIpc) is 2.50. The molecule has 1 heterocycles. The van der Waals surface area contributed by atoms with E-state index in [9.17, 15) is 22.8 Å². The molecule has 0 amide bonds. The number of carboxylic acids is 1. The third-order valence-corrected chi connectivity index (χ3v) is 1.92. The lowest BCUT2D eigenvalue weighted by Crippen LogP contribution is -2.42. The SMILES string of the molecule is O=C(O)C1NCCC1OC(=O)C(F)(F)F. The van der Waals surface area contributed by atoms with E-state index in [0.29, 0.717) is 0 Å². The minimum atomic E-state index is -5.09. The molecule has 5 nitrogen and oxygen atoms in total. The summed E-state index contributed by atoms with van der Waals surface area (Å²) >= 11 is 0. The zero-order valence-corrected chi connectivity index (χ0v) is 7.37. The fourth-order valence-corrected chi connectivity index (χ4v) is 1.26. The zero-order valence-electron chi connectivity index (χ0n) is 7.37. The van der Waals surface area contributed by atoms with Gasteiger partial charge in [0.1, 0.15) is 12.1 Å². The molecule has 1 fully saturated rings. The third-order valence-electron chi connectivity index (χ3n) is 1.92. The molecule has 0 bridgehead atoms. The van der Waals surface area contributed by atoms with Crippen LogP contribution in [0.2, 0.25) is 0 Å². The van der Waals surface area contributed by atoms with E-state index in [4.69, 9.17) is 5.11 Å². The molecule has 86 valence electrons. The standard InChI is InChI=1S/C7H8F3NO4/c8-7(9,10)6(14)15-3-1-2-11-4(3)5(12)13/h3-4,11H,1-2H2,(H,12,13). The molecule has 0 aromatic carbocycles. The first-order valence-electron chi connectivity index (χ1n) is 4.06. The molecule has 0 spiro atoms. The second-order valence-electron chi connectivity index (χ2n) is 3.00. The van der Waals surface area contributed by atoms with E-state index in [0.717, 1.165) is 0 Å². The molecule has 2 unspecified atom stereocenters. The Labute approximate surface area is 82.2 Å². The molecule has 0 saturated carbocycles. The van der Waals surface area contributed by atoms with Gasteiger partial charge < -0.3 is 15.2 Å².